The zero-order chi connectivity index (χ0) is 22.2. The Kier molecular flexibility index (Phi) is 8.20. The minimum absolute atomic E-state index is 0.0694. The topological polar surface area (TPSA) is 71.1 Å². The Morgan fingerprint density at radius 2 is 1.84 bits per heavy atom. The molecular formula is C24H26ClN3O2S. The van der Waals surface area contributed by atoms with Gasteiger partial charge < -0.3 is 10.6 Å². The van der Waals surface area contributed by atoms with Crippen LogP contribution in [-0.2, 0) is 24.2 Å². The van der Waals surface area contributed by atoms with Crippen LogP contribution in [0.1, 0.15) is 52.0 Å². The van der Waals surface area contributed by atoms with Crippen LogP contribution in [0.2, 0.25) is 5.02 Å². The van der Waals surface area contributed by atoms with Crippen LogP contribution in [0, 0.1) is 0 Å². The predicted molar refractivity (Wildman–Crippen MR) is 126 cm³/mol. The van der Waals surface area contributed by atoms with Gasteiger partial charge in [-0.15, -0.1) is 11.3 Å². The number of hydrogen-bond acceptors (Lipinski definition) is 4. The standard InChI is InChI=1S/C24H26ClN3O2S/c1-16(2)19-8-6-18(7-9-19)13-22(29)27-14-23-28-21(15-31-23)24(30)26-11-10-17-4-3-5-20(25)12-17/h3-9,12,15-16H,10-11,13-14H2,1-2H3,(H,26,30)(H,27,29). The minimum Gasteiger partial charge on any atom is -0.350 e. The van der Waals surface area contributed by atoms with E-state index in [4.69, 9.17) is 11.6 Å². The summed E-state index contributed by atoms with van der Waals surface area (Å²) in [5, 5.41) is 8.83. The van der Waals surface area contributed by atoms with E-state index in [0.717, 1.165) is 11.1 Å². The molecule has 2 amide bonds. The third-order valence-corrected chi connectivity index (χ3v) is 5.90. The molecule has 0 aliphatic rings. The first-order chi connectivity index (χ1) is 14.9. The fraction of sp³-hybridized carbons (Fsp3) is 0.292. The van der Waals surface area contributed by atoms with Gasteiger partial charge in [0.1, 0.15) is 10.7 Å². The van der Waals surface area contributed by atoms with Gasteiger partial charge in [0.15, 0.2) is 0 Å². The maximum atomic E-state index is 12.3. The van der Waals surface area contributed by atoms with E-state index in [2.05, 4.69) is 41.6 Å². The van der Waals surface area contributed by atoms with Gasteiger partial charge in [-0.3, -0.25) is 9.59 Å². The van der Waals surface area contributed by atoms with Crippen molar-refractivity contribution in [3.63, 3.8) is 0 Å². The van der Waals surface area contributed by atoms with Gasteiger partial charge in [0.05, 0.1) is 13.0 Å². The van der Waals surface area contributed by atoms with Gasteiger partial charge in [-0.05, 0) is 41.2 Å². The van der Waals surface area contributed by atoms with Crippen LogP contribution in [0.3, 0.4) is 0 Å². The molecule has 1 heterocycles. The molecule has 0 bridgehead atoms. The Hall–Kier alpha value is -2.70. The predicted octanol–water partition coefficient (Wildman–Crippen LogP) is 4.75. The quantitative estimate of drug-likeness (QED) is 0.489. The van der Waals surface area contributed by atoms with Crippen molar-refractivity contribution >= 4 is 34.8 Å². The number of aromatic nitrogens is 1. The first-order valence-corrected chi connectivity index (χ1v) is 11.5. The highest BCUT2D eigenvalue weighted by Crippen LogP contribution is 2.15. The summed E-state index contributed by atoms with van der Waals surface area (Å²) in [6, 6.07) is 15.7. The molecule has 31 heavy (non-hydrogen) atoms. The SMILES string of the molecule is CC(C)c1ccc(CC(=O)NCc2nc(C(=O)NCCc3cccc(Cl)c3)cs2)cc1. The number of carbonyl (C=O) groups excluding carboxylic acids is 2. The largest absolute Gasteiger partial charge is 0.350 e. The average Bonchev–Trinajstić information content (AvgIpc) is 3.22. The number of amides is 2. The van der Waals surface area contributed by atoms with Crippen molar-refractivity contribution in [3.8, 4) is 0 Å². The summed E-state index contributed by atoms with van der Waals surface area (Å²) in [4.78, 5) is 28.8. The van der Waals surface area contributed by atoms with Gasteiger partial charge in [-0.1, -0.05) is 61.8 Å². The molecule has 5 nitrogen and oxygen atoms in total. The lowest BCUT2D eigenvalue weighted by molar-refractivity contribution is -0.120. The maximum Gasteiger partial charge on any atom is 0.270 e. The Balaban J connectivity index is 1.42. The summed E-state index contributed by atoms with van der Waals surface area (Å²) in [5.74, 6) is 0.178. The van der Waals surface area contributed by atoms with Crippen molar-refractivity contribution in [2.24, 2.45) is 0 Å². The molecule has 0 spiro atoms. The van der Waals surface area contributed by atoms with Gasteiger partial charge in [-0.2, -0.15) is 0 Å². The van der Waals surface area contributed by atoms with E-state index in [0.29, 0.717) is 47.6 Å². The van der Waals surface area contributed by atoms with Gasteiger partial charge in [0.25, 0.3) is 5.91 Å². The normalized spacial score (nSPS) is 10.8. The fourth-order valence-electron chi connectivity index (χ4n) is 3.04. The number of benzene rings is 2. The molecule has 0 saturated carbocycles. The molecule has 0 atom stereocenters. The van der Waals surface area contributed by atoms with Gasteiger partial charge in [0, 0.05) is 16.9 Å². The summed E-state index contributed by atoms with van der Waals surface area (Å²) < 4.78 is 0. The molecule has 3 aromatic rings. The molecule has 0 aliphatic carbocycles. The Bertz CT molecular complexity index is 1030. The van der Waals surface area contributed by atoms with Crippen molar-refractivity contribution in [3.05, 3.63) is 86.3 Å². The Labute approximate surface area is 191 Å². The van der Waals surface area contributed by atoms with E-state index in [-0.39, 0.29) is 11.8 Å². The van der Waals surface area contributed by atoms with E-state index in [1.165, 1.54) is 16.9 Å². The zero-order valence-electron chi connectivity index (χ0n) is 17.7. The highest BCUT2D eigenvalue weighted by molar-refractivity contribution is 7.09. The zero-order valence-corrected chi connectivity index (χ0v) is 19.2. The van der Waals surface area contributed by atoms with Crippen molar-refractivity contribution in [2.45, 2.75) is 39.2 Å². The van der Waals surface area contributed by atoms with Crippen LogP contribution < -0.4 is 10.6 Å². The molecule has 0 radical (unpaired) electrons. The van der Waals surface area contributed by atoms with Crippen molar-refractivity contribution in [1.29, 1.82) is 0 Å². The highest BCUT2D eigenvalue weighted by atomic mass is 35.5. The van der Waals surface area contributed by atoms with Crippen molar-refractivity contribution in [2.75, 3.05) is 6.54 Å². The van der Waals surface area contributed by atoms with Gasteiger partial charge in [-0.25, -0.2) is 4.98 Å². The third kappa shape index (κ3) is 7.19. The Morgan fingerprint density at radius 3 is 2.55 bits per heavy atom. The number of rotatable bonds is 9. The second-order valence-corrected chi connectivity index (χ2v) is 8.99. The van der Waals surface area contributed by atoms with Crippen LogP contribution >= 0.6 is 22.9 Å². The monoisotopic (exact) mass is 455 g/mol. The van der Waals surface area contributed by atoms with Gasteiger partial charge >= 0.3 is 0 Å². The molecule has 1 aromatic heterocycles. The molecule has 7 heteroatoms. The third-order valence-electron chi connectivity index (χ3n) is 4.82. The molecule has 0 unspecified atom stereocenters. The molecule has 162 valence electrons. The summed E-state index contributed by atoms with van der Waals surface area (Å²) >= 11 is 7.33. The molecule has 0 fully saturated rings. The first kappa shape index (κ1) is 23.0. The number of nitrogens with zero attached hydrogens (tertiary/aromatic N) is 1. The number of halogens is 1. The molecular weight excluding hydrogens is 430 g/mol. The number of thiazole rings is 1. The number of carbonyl (C=O) groups is 2. The van der Waals surface area contributed by atoms with E-state index in [9.17, 15) is 9.59 Å². The number of hydrogen-bond donors (Lipinski definition) is 2. The highest BCUT2D eigenvalue weighted by Gasteiger charge is 2.11. The summed E-state index contributed by atoms with van der Waals surface area (Å²) in [6.45, 7) is 5.09. The molecule has 2 N–H and O–H groups in total. The summed E-state index contributed by atoms with van der Waals surface area (Å²) in [5.41, 5.74) is 3.66. The lowest BCUT2D eigenvalue weighted by Gasteiger charge is -2.07. The summed E-state index contributed by atoms with van der Waals surface area (Å²) in [7, 11) is 0. The molecule has 0 aliphatic heterocycles. The minimum atomic E-state index is -0.221. The average molecular weight is 456 g/mol. The second-order valence-electron chi connectivity index (χ2n) is 7.61. The van der Waals surface area contributed by atoms with Crippen LogP contribution in [0.5, 0.6) is 0 Å². The van der Waals surface area contributed by atoms with Crippen LogP contribution in [-0.4, -0.2) is 23.3 Å². The number of nitrogens with one attached hydrogen (secondary N) is 2. The molecule has 0 saturated heterocycles. The van der Waals surface area contributed by atoms with Crippen molar-refractivity contribution < 1.29 is 9.59 Å². The van der Waals surface area contributed by atoms with E-state index in [1.807, 2.05) is 36.4 Å². The van der Waals surface area contributed by atoms with Gasteiger partial charge in [0.2, 0.25) is 5.91 Å². The van der Waals surface area contributed by atoms with Crippen LogP contribution in [0.25, 0.3) is 0 Å². The molecule has 3 rings (SSSR count). The lowest BCUT2D eigenvalue weighted by Crippen LogP contribution is -2.26. The Morgan fingerprint density at radius 1 is 1.06 bits per heavy atom. The van der Waals surface area contributed by atoms with E-state index in [1.54, 1.807) is 5.38 Å². The van der Waals surface area contributed by atoms with Crippen molar-refractivity contribution in [1.82, 2.24) is 15.6 Å². The van der Waals surface area contributed by atoms with E-state index < -0.39 is 0 Å². The van der Waals surface area contributed by atoms with E-state index >= 15 is 0 Å². The summed E-state index contributed by atoms with van der Waals surface area (Å²) in [6.07, 6.45) is 1.01. The van der Waals surface area contributed by atoms with Crippen LogP contribution in [0.15, 0.2) is 53.9 Å². The van der Waals surface area contributed by atoms with Crippen LogP contribution in [0.4, 0.5) is 0 Å². The second kappa shape index (κ2) is 11.1. The molecule has 2 aromatic carbocycles. The first-order valence-electron chi connectivity index (χ1n) is 10.2. The lowest BCUT2D eigenvalue weighted by atomic mass is 10.0. The smallest absolute Gasteiger partial charge is 0.270 e. The fourth-order valence-corrected chi connectivity index (χ4v) is 3.97. The maximum absolute atomic E-state index is 12.3.